The largest absolute Gasteiger partial charge is 0.370 e. The number of fused-ring (bicyclic) bond motifs is 2. The highest BCUT2D eigenvalue weighted by Crippen LogP contribution is 2.31. The first-order valence-corrected chi connectivity index (χ1v) is 12.5. The zero-order valence-electron chi connectivity index (χ0n) is 21.0. The summed E-state index contributed by atoms with van der Waals surface area (Å²) < 4.78 is 0. The lowest BCUT2D eigenvalue weighted by atomic mass is 9.87. The molecule has 1 aliphatic heterocycles. The predicted molar refractivity (Wildman–Crippen MR) is 144 cm³/mol. The molecule has 3 N–H and O–H groups in total. The molecule has 0 saturated heterocycles. The molecule has 0 spiro atoms. The molecule has 1 unspecified atom stereocenters. The Kier molecular flexibility index (Phi) is 6.91. The van der Waals surface area contributed by atoms with Gasteiger partial charge in [-0.15, -0.1) is 0 Å². The van der Waals surface area contributed by atoms with Gasteiger partial charge in [-0.05, 0) is 53.6 Å². The second kappa shape index (κ2) is 10.4. The van der Waals surface area contributed by atoms with Crippen molar-refractivity contribution in [2.45, 2.75) is 32.7 Å². The lowest BCUT2D eigenvalue weighted by molar-refractivity contribution is 0.0964. The van der Waals surface area contributed by atoms with E-state index in [4.69, 9.17) is 0 Å². The molecule has 36 heavy (non-hydrogen) atoms. The van der Waals surface area contributed by atoms with Crippen LogP contribution in [-0.4, -0.2) is 41.0 Å². The molecule has 1 amide bonds. The van der Waals surface area contributed by atoms with Crippen LogP contribution < -0.4 is 16.0 Å². The molecule has 0 radical (unpaired) electrons. The summed E-state index contributed by atoms with van der Waals surface area (Å²) in [6.45, 7) is 7.12. The van der Waals surface area contributed by atoms with E-state index in [0.29, 0.717) is 11.5 Å². The first kappa shape index (κ1) is 23.9. The highest BCUT2D eigenvalue weighted by Gasteiger charge is 2.20. The number of amides is 1. The maximum atomic E-state index is 12.3. The van der Waals surface area contributed by atoms with Gasteiger partial charge in [0.1, 0.15) is 12.1 Å². The molecule has 0 fully saturated rings. The summed E-state index contributed by atoms with van der Waals surface area (Å²) in [5.74, 6) is 1.24. The van der Waals surface area contributed by atoms with Gasteiger partial charge in [-0.25, -0.2) is 9.97 Å². The molecule has 4 aromatic rings. The summed E-state index contributed by atoms with van der Waals surface area (Å²) in [6.07, 6.45) is 4.41. The molecule has 7 nitrogen and oxygen atoms in total. The van der Waals surface area contributed by atoms with E-state index in [1.165, 1.54) is 11.1 Å². The van der Waals surface area contributed by atoms with Crippen molar-refractivity contribution in [1.29, 1.82) is 0 Å². The van der Waals surface area contributed by atoms with E-state index >= 15 is 0 Å². The van der Waals surface area contributed by atoms with Crippen molar-refractivity contribution >= 4 is 22.6 Å². The third-order valence-corrected chi connectivity index (χ3v) is 7.28. The molecule has 5 rings (SSSR count). The van der Waals surface area contributed by atoms with Crippen molar-refractivity contribution in [2.24, 2.45) is 5.92 Å². The number of carbonyl (C=O) groups is 1. The summed E-state index contributed by atoms with van der Waals surface area (Å²) in [6, 6.07) is 16.5. The lowest BCUT2D eigenvalue weighted by Gasteiger charge is -2.22. The monoisotopic (exact) mass is 480 g/mol. The van der Waals surface area contributed by atoms with Crippen molar-refractivity contribution in [2.75, 3.05) is 25.5 Å². The number of hydrogen-bond acceptors (Lipinski definition) is 6. The van der Waals surface area contributed by atoms with Gasteiger partial charge in [0, 0.05) is 43.4 Å². The molecule has 1 aliphatic rings. The van der Waals surface area contributed by atoms with Gasteiger partial charge in [-0.1, -0.05) is 44.2 Å². The van der Waals surface area contributed by atoms with Crippen molar-refractivity contribution in [3.05, 3.63) is 83.3 Å². The highest BCUT2D eigenvalue weighted by molar-refractivity contribution is 6.06. The Labute approximate surface area is 211 Å². The van der Waals surface area contributed by atoms with Crippen LogP contribution in [0.2, 0.25) is 0 Å². The van der Waals surface area contributed by atoms with Crippen molar-refractivity contribution in [3.63, 3.8) is 0 Å². The Morgan fingerprint density at radius 3 is 2.81 bits per heavy atom. The fraction of sp³-hybridized carbons (Fsp3) is 0.310. The van der Waals surface area contributed by atoms with Gasteiger partial charge in [-0.2, -0.15) is 0 Å². The fourth-order valence-electron chi connectivity index (χ4n) is 4.90. The first-order valence-electron chi connectivity index (χ1n) is 12.5. The van der Waals surface area contributed by atoms with Gasteiger partial charge in [-0.3, -0.25) is 9.78 Å². The molecule has 7 heteroatoms. The first-order chi connectivity index (χ1) is 17.5. The van der Waals surface area contributed by atoms with E-state index < -0.39 is 0 Å². The molecular formula is C29H32N6O. The molecule has 2 atom stereocenters. The molecule has 2 aromatic carbocycles. The third-order valence-electron chi connectivity index (χ3n) is 7.28. The molecular weight excluding hydrogens is 448 g/mol. The summed E-state index contributed by atoms with van der Waals surface area (Å²) in [4.78, 5) is 25.9. The van der Waals surface area contributed by atoms with Crippen molar-refractivity contribution in [1.82, 2.24) is 25.6 Å². The number of hydrogen-bond donors (Lipinski definition) is 3. The number of pyridine rings is 1. The Morgan fingerprint density at radius 1 is 1.06 bits per heavy atom. The maximum Gasteiger partial charge on any atom is 0.251 e. The quantitative estimate of drug-likeness (QED) is 0.360. The van der Waals surface area contributed by atoms with E-state index in [2.05, 4.69) is 69.0 Å². The normalized spacial score (nSPS) is 14.6. The molecule has 2 aromatic heterocycles. The number of aromatic nitrogens is 3. The molecule has 0 aliphatic carbocycles. The van der Waals surface area contributed by atoms with E-state index in [1.807, 2.05) is 18.2 Å². The molecule has 0 bridgehead atoms. The van der Waals surface area contributed by atoms with Crippen LogP contribution in [0, 0.1) is 5.92 Å². The summed E-state index contributed by atoms with van der Waals surface area (Å²) in [5, 5.41) is 10.5. The standard InChI is InChI=1S/C29H32N6O/c1-18(19(2)23-5-4-6-24-25(29(36)30-3)10-12-32-28(23)24)15-33-27-14-26(34-17-35-27)21-8-7-20-9-11-31-16-22(20)13-21/h4-8,10,12-14,17-19,31H,9,11,15-16H2,1-3H3,(H,30,36)(H,33,34,35)/t18-,19?/m1/s1. The van der Waals surface area contributed by atoms with E-state index in [1.54, 1.807) is 25.6 Å². The molecule has 184 valence electrons. The van der Waals surface area contributed by atoms with Crippen LogP contribution in [0.4, 0.5) is 5.82 Å². The van der Waals surface area contributed by atoms with Gasteiger partial charge in [0.15, 0.2) is 0 Å². The van der Waals surface area contributed by atoms with Gasteiger partial charge in [0.25, 0.3) is 5.91 Å². The Hall–Kier alpha value is -3.84. The molecule has 3 heterocycles. The highest BCUT2D eigenvalue weighted by atomic mass is 16.1. The SMILES string of the molecule is CNC(=O)c1ccnc2c(C(C)[C@H](C)CNc3cc(-c4ccc5c(c4)CNCC5)ncn3)cccc12. The lowest BCUT2D eigenvalue weighted by Crippen LogP contribution is -2.23. The summed E-state index contributed by atoms with van der Waals surface area (Å²) in [7, 11) is 1.65. The smallest absolute Gasteiger partial charge is 0.251 e. The van der Waals surface area contributed by atoms with Crippen LogP contribution in [0.5, 0.6) is 0 Å². The second-order valence-electron chi connectivity index (χ2n) is 9.53. The van der Waals surface area contributed by atoms with Crippen molar-refractivity contribution in [3.8, 4) is 11.3 Å². The van der Waals surface area contributed by atoms with Gasteiger partial charge in [0.05, 0.1) is 16.8 Å². The summed E-state index contributed by atoms with van der Waals surface area (Å²) in [5.41, 5.74) is 7.45. The average Bonchev–Trinajstić information content (AvgIpc) is 2.94. The van der Waals surface area contributed by atoms with Crippen LogP contribution in [-0.2, 0) is 13.0 Å². The van der Waals surface area contributed by atoms with Gasteiger partial charge < -0.3 is 16.0 Å². The number of carbonyl (C=O) groups excluding carboxylic acids is 1. The maximum absolute atomic E-state index is 12.3. The van der Waals surface area contributed by atoms with E-state index in [0.717, 1.165) is 59.6 Å². The second-order valence-corrected chi connectivity index (χ2v) is 9.53. The number of nitrogens with zero attached hydrogens (tertiary/aromatic N) is 3. The number of nitrogens with one attached hydrogen (secondary N) is 3. The van der Waals surface area contributed by atoms with Crippen LogP contribution in [0.15, 0.2) is 61.1 Å². The van der Waals surface area contributed by atoms with Crippen LogP contribution >= 0.6 is 0 Å². The van der Waals surface area contributed by atoms with Crippen LogP contribution in [0.25, 0.3) is 22.2 Å². The van der Waals surface area contributed by atoms with Crippen LogP contribution in [0.3, 0.4) is 0 Å². The summed E-state index contributed by atoms with van der Waals surface area (Å²) >= 11 is 0. The topological polar surface area (TPSA) is 91.8 Å². The van der Waals surface area contributed by atoms with Gasteiger partial charge in [0.2, 0.25) is 0 Å². The minimum atomic E-state index is -0.100. The van der Waals surface area contributed by atoms with Gasteiger partial charge >= 0.3 is 0 Å². The Morgan fingerprint density at radius 2 is 1.94 bits per heavy atom. The number of para-hydroxylation sites is 1. The molecule has 0 saturated carbocycles. The number of rotatable bonds is 7. The third kappa shape index (κ3) is 4.79. The minimum absolute atomic E-state index is 0.100. The minimum Gasteiger partial charge on any atom is -0.370 e. The zero-order chi connectivity index (χ0) is 25.1. The predicted octanol–water partition coefficient (Wildman–Crippen LogP) is 4.55. The Balaban J connectivity index is 1.32. The fourth-order valence-corrected chi connectivity index (χ4v) is 4.90. The van der Waals surface area contributed by atoms with E-state index in [-0.39, 0.29) is 11.8 Å². The number of anilines is 1. The average molecular weight is 481 g/mol. The van der Waals surface area contributed by atoms with E-state index in [9.17, 15) is 4.79 Å². The van der Waals surface area contributed by atoms with Crippen molar-refractivity contribution < 1.29 is 4.79 Å². The number of benzene rings is 2. The van der Waals surface area contributed by atoms with Crippen LogP contribution in [0.1, 0.15) is 46.8 Å². The Bertz CT molecular complexity index is 1400. The zero-order valence-corrected chi connectivity index (χ0v) is 21.0.